The van der Waals surface area contributed by atoms with Gasteiger partial charge >= 0.3 is 0 Å². The van der Waals surface area contributed by atoms with Crippen LogP contribution in [0.25, 0.3) is 0 Å². The minimum Gasteiger partial charge on any atom is -0.322 e. The van der Waals surface area contributed by atoms with Crippen LogP contribution in [0.3, 0.4) is 0 Å². The third kappa shape index (κ3) is 5.69. The van der Waals surface area contributed by atoms with E-state index in [-0.39, 0.29) is 5.91 Å². The number of rotatable bonds is 8. The van der Waals surface area contributed by atoms with Crippen molar-refractivity contribution in [3.05, 3.63) is 118 Å². The van der Waals surface area contributed by atoms with Gasteiger partial charge < -0.3 is 10.6 Å². The summed E-state index contributed by atoms with van der Waals surface area (Å²) >= 11 is 6.14. The van der Waals surface area contributed by atoms with Gasteiger partial charge in [0.05, 0.1) is 22.8 Å². The molecule has 0 saturated heterocycles. The van der Waals surface area contributed by atoms with Crippen LogP contribution >= 0.6 is 11.6 Å². The summed E-state index contributed by atoms with van der Waals surface area (Å²) in [6.45, 7) is 6.34. The van der Waals surface area contributed by atoms with E-state index in [1.165, 1.54) is 16.8 Å². The summed E-state index contributed by atoms with van der Waals surface area (Å²) in [6, 6.07) is 25.2. The van der Waals surface area contributed by atoms with Crippen molar-refractivity contribution in [2.24, 2.45) is 0 Å². The van der Waals surface area contributed by atoms with Crippen molar-refractivity contribution in [3.8, 4) is 0 Å². The monoisotopic (exact) mass is 458 g/mol. The van der Waals surface area contributed by atoms with Gasteiger partial charge in [-0.2, -0.15) is 5.10 Å². The van der Waals surface area contributed by atoms with Gasteiger partial charge in [0.2, 0.25) is 0 Å². The van der Waals surface area contributed by atoms with Gasteiger partial charge in [-0.25, -0.2) is 0 Å². The summed E-state index contributed by atoms with van der Waals surface area (Å²) in [5.41, 5.74) is 6.94. The maximum Gasteiger partial charge on any atom is 0.257 e. The molecule has 0 atom stereocenters. The molecule has 1 aromatic heterocycles. The van der Waals surface area contributed by atoms with Gasteiger partial charge in [0.15, 0.2) is 0 Å². The van der Waals surface area contributed by atoms with Gasteiger partial charge in [0.1, 0.15) is 0 Å². The molecule has 0 saturated carbocycles. The number of benzene rings is 3. The largest absolute Gasteiger partial charge is 0.322 e. The number of nitrogens with one attached hydrogen (secondary N) is 2. The average Bonchev–Trinajstić information content (AvgIpc) is 3.07. The lowest BCUT2D eigenvalue weighted by atomic mass is 10.1. The van der Waals surface area contributed by atoms with Gasteiger partial charge in [0.25, 0.3) is 5.91 Å². The molecule has 0 spiro atoms. The smallest absolute Gasteiger partial charge is 0.257 e. The Morgan fingerprint density at radius 3 is 2.42 bits per heavy atom. The molecule has 0 aliphatic heterocycles. The quantitative estimate of drug-likeness (QED) is 0.353. The van der Waals surface area contributed by atoms with Crippen LogP contribution in [0.2, 0.25) is 5.02 Å². The molecular formula is C27H27ClN4O. The van der Waals surface area contributed by atoms with E-state index in [2.05, 4.69) is 53.4 Å². The predicted molar refractivity (Wildman–Crippen MR) is 134 cm³/mol. The van der Waals surface area contributed by atoms with Crippen molar-refractivity contribution in [1.82, 2.24) is 15.1 Å². The van der Waals surface area contributed by atoms with Crippen LogP contribution in [-0.2, 0) is 19.6 Å². The van der Waals surface area contributed by atoms with Crippen molar-refractivity contribution in [1.29, 1.82) is 0 Å². The Balaban J connectivity index is 1.37. The summed E-state index contributed by atoms with van der Waals surface area (Å²) in [6.07, 6.45) is 0. The Morgan fingerprint density at radius 2 is 1.64 bits per heavy atom. The van der Waals surface area contributed by atoms with Crippen LogP contribution in [0.4, 0.5) is 5.69 Å². The first-order valence-electron chi connectivity index (χ1n) is 10.9. The third-order valence-electron chi connectivity index (χ3n) is 5.64. The molecule has 0 unspecified atom stereocenters. The zero-order valence-electron chi connectivity index (χ0n) is 18.8. The van der Waals surface area contributed by atoms with E-state index in [1.807, 2.05) is 30.3 Å². The fourth-order valence-corrected chi connectivity index (χ4v) is 4.06. The molecule has 1 heterocycles. The highest BCUT2D eigenvalue weighted by atomic mass is 35.5. The predicted octanol–water partition coefficient (Wildman–Crippen LogP) is 5.74. The number of nitrogens with zero attached hydrogens (tertiary/aromatic N) is 2. The van der Waals surface area contributed by atoms with E-state index >= 15 is 0 Å². The van der Waals surface area contributed by atoms with E-state index in [0.717, 1.165) is 30.0 Å². The molecule has 168 valence electrons. The number of aromatic nitrogens is 2. The molecule has 0 fully saturated rings. The lowest BCUT2D eigenvalue weighted by molar-refractivity contribution is 0.102. The summed E-state index contributed by atoms with van der Waals surface area (Å²) < 4.78 is 2.06. The topological polar surface area (TPSA) is 59.0 Å². The molecule has 4 aromatic rings. The highest BCUT2D eigenvalue weighted by Gasteiger charge is 2.12. The molecule has 0 aliphatic rings. The SMILES string of the molecule is Cc1nn(Cc2ccccc2)c(C)c1CNCc1cccc(NC(=O)c2ccccc2Cl)c1. The highest BCUT2D eigenvalue weighted by molar-refractivity contribution is 6.34. The Hall–Kier alpha value is -3.41. The molecule has 6 heteroatoms. The van der Waals surface area contributed by atoms with E-state index in [9.17, 15) is 4.79 Å². The van der Waals surface area contributed by atoms with Crippen LogP contribution in [0.5, 0.6) is 0 Å². The van der Waals surface area contributed by atoms with E-state index in [4.69, 9.17) is 16.7 Å². The molecular weight excluding hydrogens is 432 g/mol. The summed E-state index contributed by atoms with van der Waals surface area (Å²) in [5, 5.41) is 11.6. The molecule has 5 nitrogen and oxygen atoms in total. The van der Waals surface area contributed by atoms with Crippen LogP contribution in [-0.4, -0.2) is 15.7 Å². The van der Waals surface area contributed by atoms with Crippen molar-refractivity contribution < 1.29 is 4.79 Å². The second-order valence-electron chi connectivity index (χ2n) is 8.03. The van der Waals surface area contributed by atoms with Gasteiger partial charge in [-0.1, -0.05) is 66.2 Å². The van der Waals surface area contributed by atoms with Crippen LogP contribution in [0.1, 0.15) is 38.4 Å². The molecule has 3 aromatic carbocycles. The number of hydrogen-bond donors (Lipinski definition) is 2. The maximum absolute atomic E-state index is 12.5. The minimum atomic E-state index is -0.220. The molecule has 4 rings (SSSR count). The molecule has 1 amide bonds. The summed E-state index contributed by atoms with van der Waals surface area (Å²) in [5.74, 6) is -0.220. The summed E-state index contributed by atoms with van der Waals surface area (Å²) in [4.78, 5) is 12.5. The summed E-state index contributed by atoms with van der Waals surface area (Å²) in [7, 11) is 0. The van der Waals surface area contributed by atoms with Gasteiger partial charge in [-0.05, 0) is 49.2 Å². The lowest BCUT2D eigenvalue weighted by Gasteiger charge is -2.10. The second-order valence-corrected chi connectivity index (χ2v) is 8.44. The highest BCUT2D eigenvalue weighted by Crippen LogP contribution is 2.19. The Labute approximate surface area is 199 Å². The standard InChI is InChI=1S/C27H27ClN4O/c1-19-25(20(2)32(31-19)18-21-9-4-3-5-10-21)17-29-16-22-11-8-12-23(15-22)30-27(33)24-13-6-7-14-26(24)28/h3-15,29H,16-18H2,1-2H3,(H,30,33). The fourth-order valence-electron chi connectivity index (χ4n) is 3.83. The number of carbonyl (C=O) groups excluding carboxylic acids is 1. The molecule has 0 bridgehead atoms. The third-order valence-corrected chi connectivity index (χ3v) is 5.97. The van der Waals surface area contributed by atoms with Gasteiger partial charge in [0, 0.05) is 30.0 Å². The number of hydrogen-bond acceptors (Lipinski definition) is 3. The lowest BCUT2D eigenvalue weighted by Crippen LogP contribution is -2.15. The molecule has 0 aliphatic carbocycles. The first-order chi connectivity index (χ1) is 16.0. The van der Waals surface area contributed by atoms with E-state index in [0.29, 0.717) is 17.1 Å². The molecule has 2 N–H and O–H groups in total. The number of aryl methyl sites for hydroxylation is 1. The minimum absolute atomic E-state index is 0.220. The molecule has 33 heavy (non-hydrogen) atoms. The van der Waals surface area contributed by atoms with E-state index < -0.39 is 0 Å². The zero-order chi connectivity index (χ0) is 23.2. The number of halogens is 1. The van der Waals surface area contributed by atoms with Crippen LogP contribution in [0, 0.1) is 13.8 Å². The Morgan fingerprint density at radius 1 is 0.909 bits per heavy atom. The van der Waals surface area contributed by atoms with E-state index in [1.54, 1.807) is 24.3 Å². The van der Waals surface area contributed by atoms with Gasteiger partial charge in [-0.3, -0.25) is 9.48 Å². The average molecular weight is 459 g/mol. The van der Waals surface area contributed by atoms with Crippen molar-refractivity contribution >= 4 is 23.2 Å². The number of amides is 1. The van der Waals surface area contributed by atoms with Crippen molar-refractivity contribution in [2.45, 2.75) is 33.5 Å². The molecule has 0 radical (unpaired) electrons. The first-order valence-corrected chi connectivity index (χ1v) is 11.3. The Kier molecular flexibility index (Phi) is 7.23. The first kappa shape index (κ1) is 22.8. The Bertz CT molecular complexity index is 1250. The number of anilines is 1. The second kappa shape index (κ2) is 10.5. The van der Waals surface area contributed by atoms with Crippen LogP contribution < -0.4 is 10.6 Å². The zero-order valence-corrected chi connectivity index (χ0v) is 19.6. The van der Waals surface area contributed by atoms with Crippen molar-refractivity contribution in [2.75, 3.05) is 5.32 Å². The van der Waals surface area contributed by atoms with Crippen molar-refractivity contribution in [3.63, 3.8) is 0 Å². The fraction of sp³-hybridized carbons (Fsp3) is 0.185. The normalized spacial score (nSPS) is 10.9. The maximum atomic E-state index is 12.5. The van der Waals surface area contributed by atoms with Gasteiger partial charge in [-0.15, -0.1) is 0 Å². The van der Waals surface area contributed by atoms with Crippen LogP contribution in [0.15, 0.2) is 78.9 Å². The number of carbonyl (C=O) groups is 1.